The number of hydrogen-bond donors (Lipinski definition) is 3. The van der Waals surface area contributed by atoms with Crippen molar-refractivity contribution in [1.29, 1.82) is 0 Å². The first kappa shape index (κ1) is 19.7. The van der Waals surface area contributed by atoms with Crippen LogP contribution < -0.4 is 10.6 Å². The minimum Gasteiger partial charge on any atom is -0.461 e. The molecule has 0 atom stereocenters. The van der Waals surface area contributed by atoms with Crippen LogP contribution in [0.5, 0.6) is 0 Å². The number of aromatic amines is 1. The second-order valence-electron chi connectivity index (χ2n) is 6.86. The van der Waals surface area contributed by atoms with Crippen LogP contribution >= 0.6 is 0 Å². The normalized spacial score (nSPS) is 11.9. The van der Waals surface area contributed by atoms with E-state index in [1.54, 1.807) is 6.26 Å². The van der Waals surface area contributed by atoms with Gasteiger partial charge in [-0.3, -0.25) is 5.10 Å². The number of para-hydroxylation sites is 2. The van der Waals surface area contributed by atoms with Gasteiger partial charge < -0.3 is 19.6 Å². The van der Waals surface area contributed by atoms with E-state index in [1.807, 2.05) is 38.1 Å². The van der Waals surface area contributed by atoms with Gasteiger partial charge in [-0.05, 0) is 44.5 Å². The molecule has 3 aromatic heterocycles. The molecule has 0 aliphatic carbocycles. The van der Waals surface area contributed by atoms with Gasteiger partial charge in [0.05, 0.1) is 17.3 Å². The van der Waals surface area contributed by atoms with Crippen molar-refractivity contribution in [3.63, 3.8) is 0 Å². The molecule has 0 amide bonds. The third-order valence-corrected chi connectivity index (χ3v) is 4.70. The molecule has 0 bridgehead atoms. The molecule has 0 saturated carbocycles. The van der Waals surface area contributed by atoms with Gasteiger partial charge >= 0.3 is 0 Å². The van der Waals surface area contributed by atoms with Crippen LogP contribution in [0.4, 0.5) is 0 Å². The molecule has 9 nitrogen and oxygen atoms in total. The summed E-state index contributed by atoms with van der Waals surface area (Å²) in [6.45, 7) is 6.97. The molecule has 3 heterocycles. The van der Waals surface area contributed by atoms with Gasteiger partial charge in [-0.1, -0.05) is 12.1 Å². The topological polar surface area (TPSA) is 109 Å². The first-order valence-corrected chi connectivity index (χ1v) is 10.1. The molecule has 0 spiro atoms. The molecule has 0 unspecified atom stereocenters. The summed E-state index contributed by atoms with van der Waals surface area (Å²) in [5, 5.41) is 13.7. The molecule has 0 radical (unpaired) electrons. The summed E-state index contributed by atoms with van der Waals surface area (Å²) in [5.74, 6) is 3.63. The first-order chi connectivity index (χ1) is 14.7. The van der Waals surface area contributed by atoms with Crippen molar-refractivity contribution in [3.05, 3.63) is 54.3 Å². The Morgan fingerprint density at radius 2 is 2.07 bits per heavy atom. The summed E-state index contributed by atoms with van der Waals surface area (Å²) < 4.78 is 7.57. The van der Waals surface area contributed by atoms with E-state index in [2.05, 4.69) is 52.5 Å². The highest BCUT2D eigenvalue weighted by atomic mass is 16.3. The van der Waals surface area contributed by atoms with Crippen LogP contribution in [0.3, 0.4) is 0 Å². The van der Waals surface area contributed by atoms with Crippen LogP contribution in [-0.4, -0.2) is 43.8 Å². The van der Waals surface area contributed by atoms with Crippen LogP contribution in [0.2, 0.25) is 0 Å². The quantitative estimate of drug-likeness (QED) is 0.236. The van der Waals surface area contributed by atoms with Crippen LogP contribution in [0, 0.1) is 6.92 Å². The van der Waals surface area contributed by atoms with Gasteiger partial charge in [0.2, 0.25) is 5.82 Å². The molecule has 0 aliphatic heterocycles. The average molecular weight is 406 g/mol. The summed E-state index contributed by atoms with van der Waals surface area (Å²) >= 11 is 0. The standard InChI is InChI=1S/C21H26N8O/c1-3-22-21(24-14-19-26-20(28-27-19)18-10-6-13-30-18)23-11-7-12-29-15(2)25-16-8-4-5-9-17(16)29/h4-6,8-10,13H,3,7,11-12,14H2,1-2H3,(H2,22,23,24)(H,26,27,28). The zero-order valence-corrected chi connectivity index (χ0v) is 17.2. The number of furan rings is 1. The van der Waals surface area contributed by atoms with Crippen molar-refractivity contribution in [2.75, 3.05) is 13.1 Å². The predicted molar refractivity (Wildman–Crippen MR) is 116 cm³/mol. The van der Waals surface area contributed by atoms with Gasteiger partial charge in [-0.2, -0.15) is 0 Å². The van der Waals surface area contributed by atoms with E-state index < -0.39 is 0 Å². The van der Waals surface area contributed by atoms with E-state index in [4.69, 9.17) is 4.42 Å². The summed E-state index contributed by atoms with van der Waals surface area (Å²) in [7, 11) is 0. The fraction of sp³-hybridized carbons (Fsp3) is 0.333. The predicted octanol–water partition coefficient (Wildman–Crippen LogP) is 2.87. The Morgan fingerprint density at radius 1 is 1.17 bits per heavy atom. The molecule has 4 aromatic rings. The second-order valence-corrected chi connectivity index (χ2v) is 6.86. The van der Waals surface area contributed by atoms with Gasteiger partial charge in [0, 0.05) is 19.6 Å². The fourth-order valence-corrected chi connectivity index (χ4v) is 3.30. The lowest BCUT2D eigenvalue weighted by Gasteiger charge is -2.12. The maximum Gasteiger partial charge on any atom is 0.216 e. The molecular weight excluding hydrogens is 380 g/mol. The van der Waals surface area contributed by atoms with E-state index in [0.29, 0.717) is 24.0 Å². The van der Waals surface area contributed by atoms with Gasteiger partial charge in [0.15, 0.2) is 11.7 Å². The second kappa shape index (κ2) is 9.25. The molecular formula is C21H26N8O. The zero-order valence-electron chi connectivity index (χ0n) is 17.2. The van der Waals surface area contributed by atoms with Crippen molar-refractivity contribution < 1.29 is 4.42 Å². The number of benzene rings is 1. The van der Waals surface area contributed by atoms with E-state index in [1.165, 1.54) is 5.52 Å². The largest absolute Gasteiger partial charge is 0.461 e. The first-order valence-electron chi connectivity index (χ1n) is 10.1. The van der Waals surface area contributed by atoms with Crippen molar-refractivity contribution >= 4 is 17.0 Å². The smallest absolute Gasteiger partial charge is 0.216 e. The Labute approximate surface area is 174 Å². The van der Waals surface area contributed by atoms with E-state index in [0.717, 1.165) is 43.4 Å². The van der Waals surface area contributed by atoms with Gasteiger partial charge in [-0.25, -0.2) is 15.0 Å². The third-order valence-electron chi connectivity index (χ3n) is 4.70. The number of nitrogens with one attached hydrogen (secondary N) is 3. The highest BCUT2D eigenvalue weighted by molar-refractivity contribution is 5.79. The number of rotatable bonds is 8. The number of imidazole rings is 1. The molecule has 9 heteroatoms. The number of fused-ring (bicyclic) bond motifs is 1. The SMILES string of the molecule is CCNC(=NCc1nc(-c2ccco2)n[nH]1)NCCCn1c(C)nc2ccccc21. The van der Waals surface area contributed by atoms with Gasteiger partial charge in [0.1, 0.15) is 18.2 Å². The maximum absolute atomic E-state index is 5.32. The zero-order chi connectivity index (χ0) is 20.8. The molecule has 0 aliphatic rings. The molecule has 3 N–H and O–H groups in total. The third kappa shape index (κ3) is 4.51. The monoisotopic (exact) mass is 406 g/mol. The van der Waals surface area contributed by atoms with E-state index >= 15 is 0 Å². The number of aliphatic imine (C=N–C) groups is 1. The lowest BCUT2D eigenvalue weighted by molar-refractivity contribution is 0.577. The molecule has 156 valence electrons. The Bertz CT molecular complexity index is 1110. The number of aryl methyl sites for hydroxylation is 2. The number of nitrogens with zero attached hydrogens (tertiary/aromatic N) is 5. The fourth-order valence-electron chi connectivity index (χ4n) is 3.30. The van der Waals surface area contributed by atoms with Crippen LogP contribution in [0.25, 0.3) is 22.6 Å². The van der Waals surface area contributed by atoms with Crippen LogP contribution in [-0.2, 0) is 13.1 Å². The summed E-state index contributed by atoms with van der Waals surface area (Å²) in [6.07, 6.45) is 2.56. The van der Waals surface area contributed by atoms with Crippen molar-refractivity contribution in [3.8, 4) is 11.6 Å². The molecule has 0 fully saturated rings. The van der Waals surface area contributed by atoms with Crippen LogP contribution in [0.1, 0.15) is 25.0 Å². The number of H-pyrrole nitrogens is 1. The van der Waals surface area contributed by atoms with E-state index in [-0.39, 0.29) is 0 Å². The minimum absolute atomic E-state index is 0.397. The minimum atomic E-state index is 0.397. The lowest BCUT2D eigenvalue weighted by Crippen LogP contribution is -2.38. The Balaban J connectivity index is 1.31. The Morgan fingerprint density at radius 3 is 2.90 bits per heavy atom. The number of hydrogen-bond acceptors (Lipinski definition) is 5. The number of aromatic nitrogens is 5. The summed E-state index contributed by atoms with van der Waals surface area (Å²) in [5.41, 5.74) is 2.21. The Hall–Kier alpha value is -3.62. The summed E-state index contributed by atoms with van der Waals surface area (Å²) in [6, 6.07) is 11.9. The molecule has 30 heavy (non-hydrogen) atoms. The molecule has 1 aromatic carbocycles. The molecule has 4 rings (SSSR count). The van der Waals surface area contributed by atoms with Crippen LogP contribution in [0.15, 0.2) is 52.1 Å². The maximum atomic E-state index is 5.32. The highest BCUT2D eigenvalue weighted by Gasteiger charge is 2.09. The van der Waals surface area contributed by atoms with Crippen molar-refractivity contribution in [2.24, 2.45) is 4.99 Å². The lowest BCUT2D eigenvalue weighted by atomic mass is 10.3. The van der Waals surface area contributed by atoms with E-state index in [9.17, 15) is 0 Å². The van der Waals surface area contributed by atoms with Crippen molar-refractivity contribution in [2.45, 2.75) is 33.4 Å². The summed E-state index contributed by atoms with van der Waals surface area (Å²) in [4.78, 5) is 13.6. The van der Waals surface area contributed by atoms with Crippen molar-refractivity contribution in [1.82, 2.24) is 35.4 Å². The Kier molecular flexibility index (Phi) is 6.07. The molecule has 0 saturated heterocycles. The number of guanidine groups is 1. The van der Waals surface area contributed by atoms with Gasteiger partial charge in [-0.15, -0.1) is 5.10 Å². The highest BCUT2D eigenvalue weighted by Crippen LogP contribution is 2.16. The van der Waals surface area contributed by atoms with Gasteiger partial charge in [0.25, 0.3) is 0 Å². The average Bonchev–Trinajstić information content (AvgIpc) is 3.49.